The minimum absolute atomic E-state index is 0.183. The van der Waals surface area contributed by atoms with Crippen LogP contribution in [-0.2, 0) is 13.1 Å². The van der Waals surface area contributed by atoms with Gasteiger partial charge in [0.25, 0.3) is 0 Å². The molecule has 0 aliphatic rings. The number of ether oxygens (including phenoxy) is 1. The second-order valence-electron chi connectivity index (χ2n) is 4.70. The van der Waals surface area contributed by atoms with Crippen LogP contribution in [0.4, 0.5) is 0 Å². The standard InChI is InChI=1S/C15H26N2O2/c1-3-4-7-17(8-9-18)12-14-10-13(11-16)5-6-15(14)19-2/h5-6,10,18H,3-4,7-9,11-12,16H2,1-2H3. The normalized spacial score (nSPS) is 11.0. The summed E-state index contributed by atoms with van der Waals surface area (Å²) >= 11 is 0. The van der Waals surface area contributed by atoms with Crippen LogP contribution in [-0.4, -0.2) is 36.8 Å². The minimum Gasteiger partial charge on any atom is -0.496 e. The highest BCUT2D eigenvalue weighted by molar-refractivity contribution is 5.37. The zero-order chi connectivity index (χ0) is 14.1. The molecule has 4 heteroatoms. The first kappa shape index (κ1) is 16.0. The van der Waals surface area contributed by atoms with Gasteiger partial charge in [-0.1, -0.05) is 19.4 Å². The molecule has 4 nitrogen and oxygen atoms in total. The van der Waals surface area contributed by atoms with E-state index < -0.39 is 0 Å². The van der Waals surface area contributed by atoms with Crippen molar-refractivity contribution in [1.82, 2.24) is 4.90 Å². The highest BCUT2D eigenvalue weighted by Gasteiger charge is 2.10. The fraction of sp³-hybridized carbons (Fsp3) is 0.600. The quantitative estimate of drug-likeness (QED) is 0.715. The van der Waals surface area contributed by atoms with Gasteiger partial charge in [0.15, 0.2) is 0 Å². The number of nitrogens with zero attached hydrogens (tertiary/aromatic N) is 1. The molecule has 0 amide bonds. The van der Waals surface area contributed by atoms with Gasteiger partial charge in [-0.2, -0.15) is 0 Å². The Morgan fingerprint density at radius 1 is 1.32 bits per heavy atom. The van der Waals surface area contributed by atoms with E-state index in [1.54, 1.807) is 7.11 Å². The molecule has 0 aliphatic carbocycles. The summed E-state index contributed by atoms with van der Waals surface area (Å²) in [4.78, 5) is 2.25. The zero-order valence-corrected chi connectivity index (χ0v) is 12.1. The van der Waals surface area contributed by atoms with E-state index in [0.29, 0.717) is 13.1 Å². The summed E-state index contributed by atoms with van der Waals surface area (Å²) in [6.07, 6.45) is 2.29. The minimum atomic E-state index is 0.183. The third-order valence-electron chi connectivity index (χ3n) is 3.22. The highest BCUT2D eigenvalue weighted by Crippen LogP contribution is 2.21. The molecule has 0 atom stereocenters. The number of aliphatic hydroxyl groups is 1. The topological polar surface area (TPSA) is 58.7 Å². The molecule has 0 heterocycles. The first-order valence-corrected chi connectivity index (χ1v) is 6.94. The molecule has 0 fully saturated rings. The lowest BCUT2D eigenvalue weighted by Gasteiger charge is -2.22. The van der Waals surface area contributed by atoms with Crippen molar-refractivity contribution in [3.05, 3.63) is 29.3 Å². The number of unbranched alkanes of at least 4 members (excludes halogenated alkanes) is 1. The summed E-state index contributed by atoms with van der Waals surface area (Å²) < 4.78 is 5.40. The molecule has 19 heavy (non-hydrogen) atoms. The maximum atomic E-state index is 9.15. The Bertz CT molecular complexity index is 369. The molecule has 0 saturated heterocycles. The SMILES string of the molecule is CCCCN(CCO)Cc1cc(CN)ccc1OC. The number of rotatable bonds is 9. The van der Waals surface area contributed by atoms with E-state index in [0.717, 1.165) is 42.8 Å². The van der Waals surface area contributed by atoms with Crippen LogP contribution in [0, 0.1) is 0 Å². The number of aliphatic hydroxyl groups excluding tert-OH is 1. The van der Waals surface area contributed by atoms with Crippen molar-refractivity contribution < 1.29 is 9.84 Å². The second kappa shape index (κ2) is 8.91. The van der Waals surface area contributed by atoms with Gasteiger partial charge in [-0.3, -0.25) is 4.90 Å². The van der Waals surface area contributed by atoms with Crippen LogP contribution in [0.15, 0.2) is 18.2 Å². The van der Waals surface area contributed by atoms with Crippen molar-refractivity contribution in [1.29, 1.82) is 0 Å². The average molecular weight is 266 g/mol. The molecule has 0 aliphatic heterocycles. The molecule has 0 spiro atoms. The third kappa shape index (κ3) is 5.19. The molecule has 1 rings (SSSR count). The van der Waals surface area contributed by atoms with Crippen LogP contribution in [0.25, 0.3) is 0 Å². The maximum absolute atomic E-state index is 9.15. The van der Waals surface area contributed by atoms with Crippen LogP contribution < -0.4 is 10.5 Å². The van der Waals surface area contributed by atoms with E-state index in [4.69, 9.17) is 15.6 Å². The van der Waals surface area contributed by atoms with Gasteiger partial charge in [0.2, 0.25) is 0 Å². The number of hydrogen-bond donors (Lipinski definition) is 2. The molecule has 0 radical (unpaired) electrons. The van der Waals surface area contributed by atoms with Crippen LogP contribution in [0.2, 0.25) is 0 Å². The first-order chi connectivity index (χ1) is 9.24. The van der Waals surface area contributed by atoms with Crippen LogP contribution >= 0.6 is 0 Å². The second-order valence-corrected chi connectivity index (χ2v) is 4.70. The molecule has 0 saturated carbocycles. The molecule has 3 N–H and O–H groups in total. The molecular formula is C15H26N2O2. The lowest BCUT2D eigenvalue weighted by atomic mass is 10.1. The van der Waals surface area contributed by atoms with E-state index in [-0.39, 0.29) is 6.61 Å². The van der Waals surface area contributed by atoms with E-state index in [2.05, 4.69) is 17.9 Å². The molecule has 0 aromatic heterocycles. The Balaban J connectivity index is 2.80. The Hall–Kier alpha value is -1.10. The Kier molecular flexibility index (Phi) is 7.48. The van der Waals surface area contributed by atoms with E-state index in [9.17, 15) is 0 Å². The average Bonchev–Trinajstić information content (AvgIpc) is 2.44. The summed E-state index contributed by atoms with van der Waals surface area (Å²) in [6.45, 7) is 5.36. The van der Waals surface area contributed by atoms with E-state index >= 15 is 0 Å². The molecule has 1 aromatic rings. The smallest absolute Gasteiger partial charge is 0.123 e. The number of hydrogen-bond acceptors (Lipinski definition) is 4. The fourth-order valence-corrected chi connectivity index (χ4v) is 2.12. The van der Waals surface area contributed by atoms with E-state index in [1.807, 2.05) is 12.1 Å². The summed E-state index contributed by atoms with van der Waals surface area (Å²) in [6, 6.07) is 6.05. The van der Waals surface area contributed by atoms with Crippen molar-refractivity contribution in [2.45, 2.75) is 32.9 Å². The summed E-state index contributed by atoms with van der Waals surface area (Å²) in [5.74, 6) is 0.886. The van der Waals surface area contributed by atoms with Crippen LogP contribution in [0.5, 0.6) is 5.75 Å². The largest absolute Gasteiger partial charge is 0.496 e. The molecule has 0 unspecified atom stereocenters. The Morgan fingerprint density at radius 2 is 2.11 bits per heavy atom. The Morgan fingerprint density at radius 3 is 2.68 bits per heavy atom. The van der Waals surface area contributed by atoms with Gasteiger partial charge in [0.05, 0.1) is 13.7 Å². The van der Waals surface area contributed by atoms with Crippen LogP contribution in [0.3, 0.4) is 0 Å². The van der Waals surface area contributed by atoms with Crippen molar-refractivity contribution in [2.24, 2.45) is 5.73 Å². The van der Waals surface area contributed by atoms with Gasteiger partial charge in [-0.25, -0.2) is 0 Å². The number of nitrogens with two attached hydrogens (primary N) is 1. The maximum Gasteiger partial charge on any atom is 0.123 e. The van der Waals surface area contributed by atoms with Crippen molar-refractivity contribution in [2.75, 3.05) is 26.8 Å². The van der Waals surface area contributed by atoms with Gasteiger partial charge in [0, 0.05) is 25.2 Å². The summed E-state index contributed by atoms with van der Waals surface area (Å²) in [5.41, 5.74) is 7.93. The van der Waals surface area contributed by atoms with E-state index in [1.165, 1.54) is 0 Å². The zero-order valence-electron chi connectivity index (χ0n) is 12.1. The summed E-state index contributed by atoms with van der Waals surface area (Å²) in [5, 5.41) is 9.15. The number of benzene rings is 1. The highest BCUT2D eigenvalue weighted by atomic mass is 16.5. The molecule has 1 aromatic carbocycles. The predicted molar refractivity (Wildman–Crippen MR) is 78.2 cm³/mol. The Labute approximate surface area is 116 Å². The van der Waals surface area contributed by atoms with Gasteiger partial charge in [-0.15, -0.1) is 0 Å². The fourth-order valence-electron chi connectivity index (χ4n) is 2.12. The van der Waals surface area contributed by atoms with Crippen LogP contribution in [0.1, 0.15) is 30.9 Å². The van der Waals surface area contributed by atoms with Gasteiger partial charge < -0.3 is 15.6 Å². The third-order valence-corrected chi connectivity index (χ3v) is 3.22. The van der Waals surface area contributed by atoms with Crippen molar-refractivity contribution in [3.8, 4) is 5.75 Å². The van der Waals surface area contributed by atoms with Crippen molar-refractivity contribution >= 4 is 0 Å². The monoisotopic (exact) mass is 266 g/mol. The molecule has 0 bridgehead atoms. The van der Waals surface area contributed by atoms with Gasteiger partial charge in [-0.05, 0) is 30.7 Å². The first-order valence-electron chi connectivity index (χ1n) is 6.94. The van der Waals surface area contributed by atoms with Gasteiger partial charge in [0.1, 0.15) is 5.75 Å². The van der Waals surface area contributed by atoms with Crippen molar-refractivity contribution in [3.63, 3.8) is 0 Å². The predicted octanol–water partition coefficient (Wildman–Crippen LogP) is 1.75. The lowest BCUT2D eigenvalue weighted by molar-refractivity contribution is 0.187. The summed E-state index contributed by atoms with van der Waals surface area (Å²) in [7, 11) is 1.68. The lowest BCUT2D eigenvalue weighted by Crippen LogP contribution is -2.27. The van der Waals surface area contributed by atoms with Gasteiger partial charge >= 0.3 is 0 Å². The molecule has 108 valence electrons. The molecular weight excluding hydrogens is 240 g/mol. The number of methoxy groups -OCH3 is 1.